The average Bonchev–Trinajstić information content (AvgIpc) is 3.72. The summed E-state index contributed by atoms with van der Waals surface area (Å²) in [6.45, 7) is 37.1. The first kappa shape index (κ1) is 61.2. The van der Waals surface area contributed by atoms with Gasteiger partial charge < -0.3 is 37.5 Å². The van der Waals surface area contributed by atoms with Gasteiger partial charge in [-0.25, -0.2) is 24.9 Å². The third-order valence-corrected chi connectivity index (χ3v) is 12.3. The minimum atomic E-state index is -0.362. The largest absolute Gasteiger partial charge is 0.505 e. The number of nitrogens with zero attached hydrogens (tertiary/aromatic N) is 11. The molecule has 4 heterocycles. The number of nitrogen functional groups attached to an aromatic ring is 3. The number of phenolic OH excluding ortho intramolecular Hbond substituents is 3. The second-order valence-corrected chi connectivity index (χ2v) is 24.9. The first-order chi connectivity index (χ1) is 34.7. The monoisotopic (exact) mass is 1080 g/mol. The minimum absolute atomic E-state index is 0.000463. The fourth-order valence-corrected chi connectivity index (χ4v) is 7.30. The van der Waals surface area contributed by atoms with E-state index in [1.165, 1.54) is 23.8 Å². The first-order valence-electron chi connectivity index (χ1n) is 24.2. The minimum Gasteiger partial charge on any atom is -0.505 e. The molecule has 0 aliphatic carbocycles. The van der Waals surface area contributed by atoms with Crippen LogP contribution in [0.25, 0.3) is 16.9 Å². The van der Waals surface area contributed by atoms with Crippen LogP contribution in [-0.2, 0) is 32.5 Å². The van der Waals surface area contributed by atoms with Gasteiger partial charge in [-0.15, -0.1) is 30.1 Å². The number of aromatic amines is 1. The van der Waals surface area contributed by atoms with Gasteiger partial charge in [0.2, 0.25) is 5.65 Å². The molecule has 0 fully saturated rings. The van der Waals surface area contributed by atoms with Crippen molar-refractivity contribution in [2.45, 2.75) is 157 Å². The molecule has 7 aromatic rings. The smallest absolute Gasteiger partial charge is 0.280 e. The van der Waals surface area contributed by atoms with Gasteiger partial charge in [0.1, 0.15) is 52.7 Å². The van der Waals surface area contributed by atoms with Crippen molar-refractivity contribution in [3.8, 4) is 22.9 Å². The molecule has 0 aliphatic heterocycles. The molecule has 0 saturated carbocycles. The molecule has 0 unspecified atom stereocenters. The molecule has 4 aromatic heterocycles. The highest BCUT2D eigenvalue weighted by Gasteiger charge is 2.29. The molecule has 0 atom stereocenters. The lowest BCUT2D eigenvalue weighted by Crippen LogP contribution is -2.18. The van der Waals surface area contributed by atoms with Crippen molar-refractivity contribution in [2.24, 2.45) is 15.4 Å². The number of nitrogens with two attached hydrogens (primary N) is 3. The highest BCUT2D eigenvalue weighted by molar-refractivity contribution is 6.32. The van der Waals surface area contributed by atoms with Gasteiger partial charge in [-0.05, 0) is 72.6 Å². The molecule has 22 heteroatoms. The zero-order valence-electron chi connectivity index (χ0n) is 46.8. The Morgan fingerprint density at radius 2 is 0.961 bits per heavy atom. The summed E-state index contributed by atoms with van der Waals surface area (Å²) in [6, 6.07) is 11.3. The second-order valence-electron chi connectivity index (χ2n) is 24.2. The predicted octanol–water partition coefficient (Wildman–Crippen LogP) is 12.9. The van der Waals surface area contributed by atoms with Crippen LogP contribution in [-0.4, -0.2) is 60.2 Å². The fourth-order valence-electron chi connectivity index (χ4n) is 6.98. The van der Waals surface area contributed by atoms with Gasteiger partial charge in [0.05, 0.1) is 6.33 Å². The molecule has 10 N–H and O–H groups in total. The SMILES string of the molecule is CC(C)(C)c1cc(-n2nc3nc[nH]c(=O)c3n2)c(O)c(C(C)(C)C)c1.CC(C)(C)c1cc(N=Nc2c(N)ncnc2Cl)c(O)c(C(C)(C)C)c1.CC(C)(C)c1cc(N=O)c(O)c(C(C)(C)C)c1.Nc1ncnc(Cl)c1N. The van der Waals surface area contributed by atoms with Crippen molar-refractivity contribution in [2.75, 3.05) is 17.2 Å². The Labute approximate surface area is 454 Å². The van der Waals surface area contributed by atoms with Crippen LogP contribution in [0.15, 0.2) is 75.6 Å². The Morgan fingerprint density at radius 1 is 0.526 bits per heavy atom. The molecular weight excluding hydrogens is 1010 g/mol. The summed E-state index contributed by atoms with van der Waals surface area (Å²) < 4.78 is 0. The number of nitrogens with one attached hydrogen (secondary N) is 1. The van der Waals surface area contributed by atoms with Crippen molar-refractivity contribution < 1.29 is 15.3 Å². The number of anilines is 3. The van der Waals surface area contributed by atoms with E-state index in [2.05, 4.69) is 118 Å². The van der Waals surface area contributed by atoms with E-state index in [4.69, 9.17) is 40.4 Å². The summed E-state index contributed by atoms with van der Waals surface area (Å²) in [7, 11) is 0. The number of azo groups is 1. The zero-order chi connectivity index (χ0) is 57.8. The standard InChI is InChI=1S/C18H24ClN5O.C18H23N5O2.C14H21NO2.C4H5ClN4/c1-17(2,3)10-7-11(18(4,5)6)14(25)12(8-10)23-24-13-15(19)21-9-22-16(13)20;1-17(2,3)10-7-11(18(4,5)6)14(24)12(8-10)23-21-13-15(22-23)19-9-20-16(13)25;1-13(2,3)9-7-10(14(4,5)6)12(16)11(8-9)15-17;5-3-2(6)4(7)9-1-8-3/h7-9,25H,1-6H3,(H2,20,21,22);7-9,24H,1-6H3,(H,19,20,22,25);7-8,16H,1-6H3;1H,6H2,(H2,7,8,9). The number of hydrogen-bond donors (Lipinski definition) is 7. The van der Waals surface area contributed by atoms with Gasteiger partial charge in [-0.3, -0.25) is 4.79 Å². The lowest BCUT2D eigenvalue weighted by atomic mass is 9.80. The summed E-state index contributed by atoms with van der Waals surface area (Å²) in [4.78, 5) is 45.3. The first-order valence-corrected chi connectivity index (χ1v) is 24.9. The van der Waals surface area contributed by atoms with Crippen molar-refractivity contribution in [1.82, 2.24) is 44.9 Å². The normalized spacial score (nSPS) is 12.3. The lowest BCUT2D eigenvalue weighted by molar-refractivity contribution is 0.438. The van der Waals surface area contributed by atoms with Gasteiger partial charge in [0.15, 0.2) is 33.1 Å². The Morgan fingerprint density at radius 3 is 1.38 bits per heavy atom. The third-order valence-electron chi connectivity index (χ3n) is 11.7. The van der Waals surface area contributed by atoms with E-state index in [9.17, 15) is 25.0 Å². The number of aromatic nitrogens is 9. The molecule has 0 aliphatic rings. The number of phenols is 3. The van der Waals surface area contributed by atoms with Crippen molar-refractivity contribution in [3.05, 3.63) is 114 Å². The van der Waals surface area contributed by atoms with Crippen LogP contribution in [0.2, 0.25) is 10.3 Å². The van der Waals surface area contributed by atoms with E-state index >= 15 is 0 Å². The van der Waals surface area contributed by atoms with Crippen LogP contribution in [0, 0.1) is 4.91 Å². The molecule has 76 heavy (non-hydrogen) atoms. The average molecular weight is 1080 g/mol. The van der Waals surface area contributed by atoms with Gasteiger partial charge >= 0.3 is 0 Å². The lowest BCUT2D eigenvalue weighted by Gasteiger charge is -2.27. The summed E-state index contributed by atoms with van der Waals surface area (Å²) in [5.74, 6) is 0.551. The Balaban J connectivity index is 0.000000231. The maximum absolute atomic E-state index is 11.9. The molecular formula is C54H73Cl2N15O5. The molecule has 0 spiro atoms. The van der Waals surface area contributed by atoms with Crippen molar-refractivity contribution in [3.63, 3.8) is 0 Å². The Bertz CT molecular complexity index is 3270. The highest BCUT2D eigenvalue weighted by atomic mass is 35.5. The summed E-state index contributed by atoms with van der Waals surface area (Å²) in [6.07, 6.45) is 3.80. The number of fused-ring (bicyclic) bond motifs is 1. The number of benzene rings is 3. The predicted molar refractivity (Wildman–Crippen MR) is 304 cm³/mol. The molecule has 7 rings (SSSR count). The summed E-state index contributed by atoms with van der Waals surface area (Å²) in [5, 5.41) is 51.5. The molecule has 408 valence electrons. The van der Waals surface area contributed by atoms with Crippen LogP contribution in [0.1, 0.15) is 158 Å². The summed E-state index contributed by atoms with van der Waals surface area (Å²) in [5.41, 5.74) is 22.1. The van der Waals surface area contributed by atoms with Crippen LogP contribution in [0.5, 0.6) is 17.2 Å². The number of rotatable bonds is 4. The van der Waals surface area contributed by atoms with Gasteiger partial charge in [0.25, 0.3) is 5.56 Å². The summed E-state index contributed by atoms with van der Waals surface area (Å²) >= 11 is 11.5. The van der Waals surface area contributed by atoms with Crippen LogP contribution < -0.4 is 22.8 Å². The number of nitroso groups, excluding NO2 is 1. The van der Waals surface area contributed by atoms with Crippen molar-refractivity contribution >= 4 is 68.8 Å². The third kappa shape index (κ3) is 15.2. The number of aromatic hydroxyl groups is 3. The van der Waals surface area contributed by atoms with E-state index in [1.807, 2.05) is 92.6 Å². The Hall–Kier alpha value is -7.32. The van der Waals surface area contributed by atoms with Crippen LogP contribution in [0.4, 0.5) is 34.4 Å². The highest BCUT2D eigenvalue weighted by Crippen LogP contribution is 2.44. The number of halogens is 2. The van der Waals surface area contributed by atoms with Crippen LogP contribution >= 0.6 is 23.2 Å². The number of hydrogen-bond acceptors (Lipinski definition) is 18. The van der Waals surface area contributed by atoms with E-state index in [1.54, 1.807) is 6.07 Å². The van der Waals surface area contributed by atoms with Crippen LogP contribution in [0.3, 0.4) is 0 Å². The molecule has 0 radical (unpaired) electrons. The molecule has 0 bridgehead atoms. The van der Waals surface area contributed by atoms with E-state index in [-0.39, 0.29) is 105 Å². The second kappa shape index (κ2) is 22.9. The van der Waals surface area contributed by atoms with Crippen molar-refractivity contribution in [1.29, 1.82) is 0 Å². The maximum Gasteiger partial charge on any atom is 0.280 e. The topological polar surface area (TPSA) is 321 Å². The Kier molecular flexibility index (Phi) is 18.4. The molecule has 3 aromatic carbocycles. The quantitative estimate of drug-likeness (QED) is 0.0489. The van der Waals surface area contributed by atoms with E-state index in [0.717, 1.165) is 33.4 Å². The molecule has 20 nitrogen and oxygen atoms in total. The molecule has 0 saturated heterocycles. The maximum atomic E-state index is 11.9. The van der Waals surface area contributed by atoms with Gasteiger partial charge in [-0.2, -0.15) is 0 Å². The molecule has 0 amide bonds. The van der Waals surface area contributed by atoms with Gasteiger partial charge in [0, 0.05) is 16.7 Å². The van der Waals surface area contributed by atoms with E-state index < -0.39 is 0 Å². The zero-order valence-corrected chi connectivity index (χ0v) is 48.3. The fraction of sp³-hybridized carbons (Fsp3) is 0.444. The van der Waals surface area contributed by atoms with Gasteiger partial charge in [-0.1, -0.05) is 166 Å². The van der Waals surface area contributed by atoms with E-state index in [0.29, 0.717) is 11.4 Å². The number of H-pyrrole nitrogens is 1.